The molecule has 1 aliphatic heterocycles. The zero-order valence-electron chi connectivity index (χ0n) is 16.2. The van der Waals surface area contributed by atoms with Gasteiger partial charge in [-0.25, -0.2) is 4.98 Å². The van der Waals surface area contributed by atoms with Crippen molar-refractivity contribution in [3.05, 3.63) is 30.1 Å². The van der Waals surface area contributed by atoms with Crippen LogP contribution in [0.1, 0.15) is 17.4 Å². The van der Waals surface area contributed by atoms with E-state index in [-0.39, 0.29) is 5.91 Å². The zero-order valence-corrected chi connectivity index (χ0v) is 17.0. The van der Waals surface area contributed by atoms with Crippen LogP contribution in [0.2, 0.25) is 0 Å². The first-order chi connectivity index (χ1) is 13.6. The topological polar surface area (TPSA) is 72.7 Å². The van der Waals surface area contributed by atoms with E-state index in [1.54, 1.807) is 36.3 Å². The molecule has 3 heterocycles. The summed E-state index contributed by atoms with van der Waals surface area (Å²) in [6.45, 7) is 5.49. The number of carbonyl (C=O) groups is 1. The van der Waals surface area contributed by atoms with E-state index >= 15 is 0 Å². The van der Waals surface area contributed by atoms with Crippen LogP contribution in [0.3, 0.4) is 0 Å². The molecule has 4 rings (SSSR count). The number of piperazine rings is 1. The Morgan fingerprint density at radius 3 is 2.46 bits per heavy atom. The molecule has 9 heteroatoms. The minimum Gasteiger partial charge on any atom is -0.495 e. The number of rotatable bonds is 5. The number of aromatic nitrogens is 3. The van der Waals surface area contributed by atoms with Crippen molar-refractivity contribution in [2.75, 3.05) is 45.3 Å². The van der Waals surface area contributed by atoms with E-state index in [2.05, 4.69) is 10.00 Å². The molecule has 0 unspecified atom stereocenters. The van der Waals surface area contributed by atoms with Crippen molar-refractivity contribution in [3.8, 4) is 11.5 Å². The highest BCUT2D eigenvalue weighted by Gasteiger charge is 2.26. The summed E-state index contributed by atoms with van der Waals surface area (Å²) in [5.74, 6) is 1.51. The minimum absolute atomic E-state index is 0.0144. The van der Waals surface area contributed by atoms with Crippen molar-refractivity contribution in [1.29, 1.82) is 0 Å². The van der Waals surface area contributed by atoms with Gasteiger partial charge in [0.2, 0.25) is 0 Å². The molecule has 28 heavy (non-hydrogen) atoms. The molecule has 1 amide bonds. The highest BCUT2D eigenvalue weighted by atomic mass is 32.1. The Morgan fingerprint density at radius 2 is 1.82 bits per heavy atom. The molecule has 0 atom stereocenters. The van der Waals surface area contributed by atoms with E-state index in [1.807, 2.05) is 30.2 Å². The Morgan fingerprint density at radius 1 is 1.11 bits per heavy atom. The number of anilines is 1. The molecule has 8 nitrogen and oxygen atoms in total. The maximum atomic E-state index is 12.7. The SMILES string of the molecule is CCn1ccc(C(=O)N2CCN(c3nc4c(OC)ccc(OC)c4s3)CC2)n1. The fourth-order valence-electron chi connectivity index (χ4n) is 3.32. The summed E-state index contributed by atoms with van der Waals surface area (Å²) in [5.41, 5.74) is 1.32. The van der Waals surface area contributed by atoms with Gasteiger partial charge in [0.25, 0.3) is 5.91 Å². The van der Waals surface area contributed by atoms with Crippen LogP contribution in [0.15, 0.2) is 24.4 Å². The number of hydrogen-bond donors (Lipinski definition) is 0. The molecule has 0 N–H and O–H groups in total. The van der Waals surface area contributed by atoms with Crippen molar-refractivity contribution in [2.45, 2.75) is 13.5 Å². The highest BCUT2D eigenvalue weighted by molar-refractivity contribution is 7.22. The van der Waals surface area contributed by atoms with Crippen LogP contribution in [0.5, 0.6) is 11.5 Å². The van der Waals surface area contributed by atoms with E-state index in [9.17, 15) is 4.79 Å². The third-order valence-electron chi connectivity index (χ3n) is 4.92. The lowest BCUT2D eigenvalue weighted by Crippen LogP contribution is -2.48. The summed E-state index contributed by atoms with van der Waals surface area (Å²) in [7, 11) is 3.30. The molecular formula is C19H23N5O3S. The monoisotopic (exact) mass is 401 g/mol. The zero-order chi connectivity index (χ0) is 19.7. The van der Waals surface area contributed by atoms with Gasteiger partial charge in [-0.2, -0.15) is 5.10 Å². The normalized spacial score (nSPS) is 14.5. The van der Waals surface area contributed by atoms with Gasteiger partial charge in [0.05, 0.1) is 14.2 Å². The van der Waals surface area contributed by atoms with Gasteiger partial charge in [-0.3, -0.25) is 9.48 Å². The van der Waals surface area contributed by atoms with Crippen molar-refractivity contribution in [2.24, 2.45) is 0 Å². The Labute approximate surface area is 167 Å². The molecule has 0 aliphatic carbocycles. The van der Waals surface area contributed by atoms with Crippen molar-refractivity contribution >= 4 is 32.6 Å². The number of ether oxygens (including phenoxy) is 2. The predicted molar refractivity (Wildman–Crippen MR) is 109 cm³/mol. The van der Waals surface area contributed by atoms with E-state index in [0.717, 1.165) is 46.5 Å². The molecule has 0 saturated carbocycles. The van der Waals surface area contributed by atoms with E-state index < -0.39 is 0 Å². The third kappa shape index (κ3) is 3.26. The molecule has 2 aromatic heterocycles. The van der Waals surface area contributed by atoms with Crippen LogP contribution in [0.25, 0.3) is 10.2 Å². The fraction of sp³-hybridized carbons (Fsp3) is 0.421. The molecule has 0 bridgehead atoms. The second-order valence-corrected chi connectivity index (χ2v) is 7.46. The Hall–Kier alpha value is -2.81. The molecule has 0 radical (unpaired) electrons. The summed E-state index contributed by atoms with van der Waals surface area (Å²) in [4.78, 5) is 21.5. The number of aryl methyl sites for hydroxylation is 1. The molecular weight excluding hydrogens is 378 g/mol. The van der Waals surface area contributed by atoms with Gasteiger partial charge in [0.1, 0.15) is 27.4 Å². The van der Waals surface area contributed by atoms with Crippen LogP contribution in [0, 0.1) is 0 Å². The summed E-state index contributed by atoms with van der Waals surface area (Å²) in [6.07, 6.45) is 1.84. The van der Waals surface area contributed by atoms with Gasteiger partial charge in [-0.1, -0.05) is 11.3 Å². The lowest BCUT2D eigenvalue weighted by molar-refractivity contribution is 0.0740. The van der Waals surface area contributed by atoms with Crippen molar-refractivity contribution in [3.63, 3.8) is 0 Å². The lowest BCUT2D eigenvalue weighted by Gasteiger charge is -2.34. The lowest BCUT2D eigenvalue weighted by atomic mass is 10.3. The number of nitrogens with zero attached hydrogens (tertiary/aromatic N) is 5. The van der Waals surface area contributed by atoms with Crippen LogP contribution >= 0.6 is 11.3 Å². The molecule has 148 valence electrons. The average molecular weight is 401 g/mol. The largest absolute Gasteiger partial charge is 0.495 e. The number of thiazole rings is 1. The van der Waals surface area contributed by atoms with Crippen LogP contribution < -0.4 is 14.4 Å². The van der Waals surface area contributed by atoms with Crippen LogP contribution in [0.4, 0.5) is 5.13 Å². The number of benzene rings is 1. The van der Waals surface area contributed by atoms with Crippen LogP contribution in [-0.2, 0) is 6.54 Å². The van der Waals surface area contributed by atoms with Gasteiger partial charge in [-0.15, -0.1) is 0 Å². The van der Waals surface area contributed by atoms with E-state index in [0.29, 0.717) is 18.8 Å². The minimum atomic E-state index is -0.0144. The van der Waals surface area contributed by atoms with Gasteiger partial charge < -0.3 is 19.3 Å². The number of fused-ring (bicyclic) bond motifs is 1. The van der Waals surface area contributed by atoms with E-state index in [4.69, 9.17) is 14.5 Å². The molecule has 1 fully saturated rings. The molecule has 1 aliphatic rings. The van der Waals surface area contributed by atoms with Crippen molar-refractivity contribution in [1.82, 2.24) is 19.7 Å². The number of methoxy groups -OCH3 is 2. The summed E-state index contributed by atoms with van der Waals surface area (Å²) < 4.78 is 13.7. The number of hydrogen-bond acceptors (Lipinski definition) is 7. The first kappa shape index (κ1) is 18.5. The van der Waals surface area contributed by atoms with E-state index in [1.165, 1.54) is 0 Å². The Bertz CT molecular complexity index is 950. The fourth-order valence-corrected chi connectivity index (χ4v) is 4.45. The molecule has 1 aromatic carbocycles. The maximum absolute atomic E-state index is 12.7. The second kappa shape index (κ2) is 7.67. The average Bonchev–Trinajstić information content (AvgIpc) is 3.40. The molecule has 1 saturated heterocycles. The van der Waals surface area contributed by atoms with Gasteiger partial charge in [0, 0.05) is 38.9 Å². The van der Waals surface area contributed by atoms with Gasteiger partial charge >= 0.3 is 0 Å². The Kier molecular flexibility index (Phi) is 5.08. The summed E-state index contributed by atoms with van der Waals surface area (Å²) >= 11 is 1.59. The van der Waals surface area contributed by atoms with Gasteiger partial charge in [-0.05, 0) is 25.1 Å². The summed E-state index contributed by atoms with van der Waals surface area (Å²) in [5, 5.41) is 5.24. The molecule has 3 aromatic rings. The second-order valence-electron chi connectivity index (χ2n) is 6.48. The van der Waals surface area contributed by atoms with Crippen molar-refractivity contribution < 1.29 is 14.3 Å². The maximum Gasteiger partial charge on any atom is 0.274 e. The molecule has 0 spiro atoms. The quantitative estimate of drug-likeness (QED) is 0.654. The first-order valence-electron chi connectivity index (χ1n) is 9.23. The smallest absolute Gasteiger partial charge is 0.274 e. The third-order valence-corrected chi connectivity index (χ3v) is 6.05. The summed E-state index contributed by atoms with van der Waals surface area (Å²) in [6, 6.07) is 5.55. The standard InChI is InChI=1S/C19H23N5O3S/c1-4-24-8-7-13(21-24)18(25)22-9-11-23(12-10-22)19-20-16-14(26-2)5-6-15(27-3)17(16)28-19/h5-8H,4,9-12H2,1-3H3. The first-order valence-corrected chi connectivity index (χ1v) is 10.1. The highest BCUT2D eigenvalue weighted by Crippen LogP contribution is 2.40. The number of amides is 1. The van der Waals surface area contributed by atoms with Gasteiger partial charge in [0.15, 0.2) is 5.13 Å². The predicted octanol–water partition coefficient (Wildman–Crippen LogP) is 2.49. The Balaban J connectivity index is 1.50. The number of carbonyl (C=O) groups excluding carboxylic acids is 1. The van der Waals surface area contributed by atoms with Crippen LogP contribution in [-0.4, -0.2) is 66.0 Å².